The van der Waals surface area contributed by atoms with Crippen molar-refractivity contribution < 1.29 is 14.6 Å². The van der Waals surface area contributed by atoms with Gasteiger partial charge in [-0.1, -0.05) is 17.7 Å². The fourth-order valence-corrected chi connectivity index (χ4v) is 2.04. The van der Waals surface area contributed by atoms with Crippen LogP contribution >= 0.6 is 0 Å². The Kier molecular flexibility index (Phi) is 3.89. The number of benzene rings is 1. The summed E-state index contributed by atoms with van der Waals surface area (Å²) in [4.78, 5) is 23.0. The Morgan fingerprint density at radius 3 is 2.75 bits per heavy atom. The number of hydrogen-bond donors (Lipinski definition) is 1. The van der Waals surface area contributed by atoms with E-state index in [1.807, 2.05) is 25.1 Å². The van der Waals surface area contributed by atoms with Crippen molar-refractivity contribution in [1.82, 2.24) is 4.57 Å². The molecule has 5 nitrogen and oxygen atoms in total. The molecule has 0 aliphatic rings. The van der Waals surface area contributed by atoms with Gasteiger partial charge in [0.05, 0.1) is 13.7 Å². The molecule has 0 aliphatic carbocycles. The van der Waals surface area contributed by atoms with Gasteiger partial charge in [0.2, 0.25) is 0 Å². The Labute approximate surface area is 116 Å². The number of ether oxygens (including phenoxy) is 1. The number of hydrogen-bond acceptors (Lipinski definition) is 3. The van der Waals surface area contributed by atoms with Crippen LogP contribution in [0.4, 0.5) is 0 Å². The molecule has 0 atom stereocenters. The summed E-state index contributed by atoms with van der Waals surface area (Å²) in [7, 11) is 1.56. The van der Waals surface area contributed by atoms with E-state index in [9.17, 15) is 9.59 Å². The van der Waals surface area contributed by atoms with E-state index in [4.69, 9.17) is 9.84 Å². The number of carboxylic acids is 1. The minimum absolute atomic E-state index is 0.237. The standard InChI is InChI=1S/C15H15NO4/c1-10-5-6-13(20-2)11(8-10)9-16-7-3-4-12(14(16)17)15(18)19/h3-8H,9H2,1-2H3,(H,18,19). The molecule has 1 aromatic carbocycles. The van der Waals surface area contributed by atoms with Gasteiger partial charge in [-0.3, -0.25) is 4.79 Å². The Morgan fingerprint density at radius 1 is 1.35 bits per heavy atom. The van der Waals surface area contributed by atoms with Gasteiger partial charge in [-0.05, 0) is 25.1 Å². The van der Waals surface area contributed by atoms with Gasteiger partial charge in [0.25, 0.3) is 5.56 Å². The summed E-state index contributed by atoms with van der Waals surface area (Å²) >= 11 is 0. The molecule has 0 saturated carbocycles. The Hall–Kier alpha value is -2.56. The van der Waals surface area contributed by atoms with Crippen LogP contribution in [0.3, 0.4) is 0 Å². The van der Waals surface area contributed by atoms with E-state index >= 15 is 0 Å². The highest BCUT2D eigenvalue weighted by Crippen LogP contribution is 2.20. The van der Waals surface area contributed by atoms with Gasteiger partial charge in [0.15, 0.2) is 0 Å². The van der Waals surface area contributed by atoms with Crippen molar-refractivity contribution in [2.45, 2.75) is 13.5 Å². The molecule has 0 bridgehead atoms. The van der Waals surface area contributed by atoms with Gasteiger partial charge in [0.1, 0.15) is 11.3 Å². The first-order valence-corrected chi connectivity index (χ1v) is 6.09. The molecule has 0 spiro atoms. The first kappa shape index (κ1) is 13.9. The monoisotopic (exact) mass is 273 g/mol. The van der Waals surface area contributed by atoms with E-state index in [2.05, 4.69) is 0 Å². The molecule has 1 heterocycles. The van der Waals surface area contributed by atoms with Crippen LogP contribution in [0.25, 0.3) is 0 Å². The zero-order valence-corrected chi connectivity index (χ0v) is 11.3. The van der Waals surface area contributed by atoms with Crippen LogP contribution in [0.15, 0.2) is 41.3 Å². The summed E-state index contributed by atoms with van der Waals surface area (Å²) in [6, 6.07) is 8.51. The van der Waals surface area contributed by atoms with Crippen LogP contribution in [0.2, 0.25) is 0 Å². The van der Waals surface area contributed by atoms with Crippen LogP contribution < -0.4 is 10.3 Å². The van der Waals surface area contributed by atoms with Crippen LogP contribution in [0, 0.1) is 6.92 Å². The number of aryl methyl sites for hydroxylation is 1. The predicted octanol–water partition coefficient (Wildman–Crippen LogP) is 1.91. The summed E-state index contributed by atoms with van der Waals surface area (Å²) in [5, 5.41) is 8.96. The second kappa shape index (κ2) is 5.61. The molecule has 2 aromatic rings. The largest absolute Gasteiger partial charge is 0.496 e. The van der Waals surface area contributed by atoms with E-state index in [-0.39, 0.29) is 12.1 Å². The first-order valence-electron chi connectivity index (χ1n) is 6.09. The van der Waals surface area contributed by atoms with Crippen molar-refractivity contribution in [3.8, 4) is 5.75 Å². The van der Waals surface area contributed by atoms with Crippen LogP contribution in [0.1, 0.15) is 21.5 Å². The number of pyridine rings is 1. The highest BCUT2D eigenvalue weighted by atomic mass is 16.5. The van der Waals surface area contributed by atoms with Gasteiger partial charge < -0.3 is 14.4 Å². The molecule has 0 aliphatic heterocycles. The molecule has 0 radical (unpaired) electrons. The molecule has 20 heavy (non-hydrogen) atoms. The Bertz CT molecular complexity index is 703. The summed E-state index contributed by atoms with van der Waals surface area (Å²) in [5.74, 6) is -0.552. The van der Waals surface area contributed by atoms with Gasteiger partial charge >= 0.3 is 5.97 Å². The molecule has 0 amide bonds. The SMILES string of the molecule is COc1ccc(C)cc1Cn1cccc(C(=O)O)c1=O. The second-order valence-corrected chi connectivity index (χ2v) is 4.48. The van der Waals surface area contributed by atoms with Crippen molar-refractivity contribution in [3.63, 3.8) is 0 Å². The zero-order valence-electron chi connectivity index (χ0n) is 11.3. The van der Waals surface area contributed by atoms with Crippen LogP contribution in [0.5, 0.6) is 5.75 Å². The summed E-state index contributed by atoms with van der Waals surface area (Å²) < 4.78 is 6.62. The summed E-state index contributed by atoms with van der Waals surface area (Å²) in [6.07, 6.45) is 1.57. The Balaban J connectivity index is 2.45. The van der Waals surface area contributed by atoms with Gasteiger partial charge in [-0.2, -0.15) is 0 Å². The normalized spacial score (nSPS) is 10.3. The molecule has 1 N–H and O–H groups in total. The maximum atomic E-state index is 12.0. The van der Waals surface area contributed by atoms with E-state index in [0.717, 1.165) is 11.1 Å². The summed E-state index contributed by atoms with van der Waals surface area (Å²) in [6.45, 7) is 2.21. The number of methoxy groups -OCH3 is 1. The van der Waals surface area contributed by atoms with Crippen molar-refractivity contribution >= 4 is 5.97 Å². The topological polar surface area (TPSA) is 68.5 Å². The second-order valence-electron chi connectivity index (χ2n) is 4.48. The molecular weight excluding hydrogens is 258 g/mol. The number of carbonyl (C=O) groups is 1. The predicted molar refractivity (Wildman–Crippen MR) is 74.5 cm³/mol. The maximum Gasteiger partial charge on any atom is 0.341 e. The number of nitrogens with zero attached hydrogens (tertiary/aromatic N) is 1. The fourth-order valence-electron chi connectivity index (χ4n) is 2.04. The molecule has 104 valence electrons. The average molecular weight is 273 g/mol. The quantitative estimate of drug-likeness (QED) is 0.924. The van der Waals surface area contributed by atoms with E-state index in [1.54, 1.807) is 19.4 Å². The van der Waals surface area contributed by atoms with E-state index in [0.29, 0.717) is 5.75 Å². The lowest BCUT2D eigenvalue weighted by Gasteiger charge is -2.11. The smallest absolute Gasteiger partial charge is 0.341 e. The maximum absolute atomic E-state index is 12.0. The minimum atomic E-state index is -1.22. The van der Waals surface area contributed by atoms with Crippen molar-refractivity contribution in [2.75, 3.05) is 7.11 Å². The van der Waals surface area contributed by atoms with Gasteiger partial charge in [-0.15, -0.1) is 0 Å². The van der Waals surface area contributed by atoms with E-state index < -0.39 is 11.5 Å². The van der Waals surface area contributed by atoms with Gasteiger partial charge in [-0.25, -0.2) is 4.79 Å². The fraction of sp³-hybridized carbons (Fsp3) is 0.200. The highest BCUT2D eigenvalue weighted by molar-refractivity contribution is 5.86. The third-order valence-electron chi connectivity index (χ3n) is 3.03. The molecule has 1 aromatic heterocycles. The molecule has 0 saturated heterocycles. The first-order chi connectivity index (χ1) is 9.52. The Morgan fingerprint density at radius 2 is 2.10 bits per heavy atom. The van der Waals surface area contributed by atoms with Crippen LogP contribution in [-0.2, 0) is 6.54 Å². The van der Waals surface area contributed by atoms with Gasteiger partial charge in [0, 0.05) is 11.8 Å². The lowest BCUT2D eigenvalue weighted by molar-refractivity contribution is 0.0694. The van der Waals surface area contributed by atoms with Crippen molar-refractivity contribution in [1.29, 1.82) is 0 Å². The van der Waals surface area contributed by atoms with E-state index in [1.165, 1.54) is 10.6 Å². The zero-order chi connectivity index (χ0) is 14.7. The number of aromatic nitrogens is 1. The lowest BCUT2D eigenvalue weighted by Crippen LogP contribution is -2.26. The number of carboxylic acid groups (broad SMARTS) is 1. The average Bonchev–Trinajstić information content (AvgIpc) is 2.41. The number of aromatic carboxylic acids is 1. The third-order valence-corrected chi connectivity index (χ3v) is 3.03. The van der Waals surface area contributed by atoms with Crippen molar-refractivity contribution in [3.05, 3.63) is 63.6 Å². The minimum Gasteiger partial charge on any atom is -0.496 e. The van der Waals surface area contributed by atoms with Crippen molar-refractivity contribution in [2.24, 2.45) is 0 Å². The third kappa shape index (κ3) is 2.71. The molecule has 0 unspecified atom stereocenters. The molecule has 0 fully saturated rings. The summed E-state index contributed by atoms with van der Waals surface area (Å²) in [5.41, 5.74) is 1.11. The molecule has 5 heteroatoms. The molecule has 2 rings (SSSR count). The highest BCUT2D eigenvalue weighted by Gasteiger charge is 2.11. The lowest BCUT2D eigenvalue weighted by atomic mass is 10.1. The number of rotatable bonds is 4. The molecular formula is C15H15NO4. The van der Waals surface area contributed by atoms with Crippen LogP contribution in [-0.4, -0.2) is 22.8 Å².